The summed E-state index contributed by atoms with van der Waals surface area (Å²) in [4.78, 5) is 17.3. The number of tetrazole rings is 1. The maximum absolute atomic E-state index is 13.1. The highest BCUT2D eigenvalue weighted by Crippen LogP contribution is 2.22. The maximum Gasteiger partial charge on any atom is 0.297 e. The molecule has 0 radical (unpaired) electrons. The molecule has 4 rings (SSSR count). The number of aromatic nitrogens is 7. The lowest BCUT2D eigenvalue weighted by Gasteiger charge is -2.07. The average molecular weight is 379 g/mol. The standard InChI is InChI=1S/C18H17N7OS/c1-13-16(17(26)25(23(13)2)15-8-4-3-5-9-15)24-18(20-21-22-24)27-12-14-7-6-10-19-11-14/h3-11H,12H2,1-2H3. The molecule has 0 spiro atoms. The van der Waals surface area contributed by atoms with Gasteiger partial charge >= 0.3 is 0 Å². The van der Waals surface area contributed by atoms with Crippen LogP contribution >= 0.6 is 11.8 Å². The fourth-order valence-electron chi connectivity index (χ4n) is 2.84. The first kappa shape index (κ1) is 17.2. The van der Waals surface area contributed by atoms with Crippen molar-refractivity contribution in [2.75, 3.05) is 0 Å². The first-order valence-corrected chi connectivity index (χ1v) is 9.30. The molecule has 1 aromatic carbocycles. The van der Waals surface area contributed by atoms with Gasteiger partial charge in [-0.05, 0) is 41.1 Å². The van der Waals surface area contributed by atoms with Crippen molar-refractivity contribution in [2.24, 2.45) is 7.05 Å². The third kappa shape index (κ3) is 3.17. The van der Waals surface area contributed by atoms with Gasteiger partial charge < -0.3 is 0 Å². The van der Waals surface area contributed by atoms with Gasteiger partial charge in [0.1, 0.15) is 0 Å². The molecule has 0 bridgehead atoms. The zero-order valence-electron chi connectivity index (χ0n) is 14.9. The van der Waals surface area contributed by atoms with Crippen molar-refractivity contribution < 1.29 is 0 Å². The highest BCUT2D eigenvalue weighted by atomic mass is 32.2. The van der Waals surface area contributed by atoms with Gasteiger partial charge in [0, 0.05) is 25.2 Å². The average Bonchev–Trinajstić information content (AvgIpc) is 3.24. The molecule has 0 aliphatic heterocycles. The van der Waals surface area contributed by atoms with E-state index in [2.05, 4.69) is 20.5 Å². The molecule has 0 saturated carbocycles. The number of hydrogen-bond acceptors (Lipinski definition) is 6. The lowest BCUT2D eigenvalue weighted by atomic mass is 10.3. The minimum absolute atomic E-state index is 0.170. The second-order valence-corrected chi connectivity index (χ2v) is 6.88. The Kier molecular flexibility index (Phi) is 4.59. The lowest BCUT2D eigenvalue weighted by molar-refractivity contribution is 0.630. The molecule has 0 atom stereocenters. The molecule has 4 aromatic rings. The molecule has 0 amide bonds. The summed E-state index contributed by atoms with van der Waals surface area (Å²) in [5, 5.41) is 12.5. The molecular formula is C18H17N7OS. The number of hydrogen-bond donors (Lipinski definition) is 0. The summed E-state index contributed by atoms with van der Waals surface area (Å²) in [5.41, 5.74) is 2.90. The van der Waals surface area contributed by atoms with Crippen molar-refractivity contribution >= 4 is 11.8 Å². The highest BCUT2D eigenvalue weighted by Gasteiger charge is 2.21. The third-order valence-corrected chi connectivity index (χ3v) is 5.26. The number of benzene rings is 1. The van der Waals surface area contributed by atoms with E-state index in [4.69, 9.17) is 0 Å². The summed E-state index contributed by atoms with van der Waals surface area (Å²) >= 11 is 1.46. The van der Waals surface area contributed by atoms with Gasteiger partial charge in [-0.3, -0.25) is 14.5 Å². The summed E-state index contributed by atoms with van der Waals surface area (Å²) in [7, 11) is 1.85. The van der Waals surface area contributed by atoms with Crippen molar-refractivity contribution in [3.05, 3.63) is 76.5 Å². The molecule has 0 aliphatic rings. The molecule has 27 heavy (non-hydrogen) atoms. The molecule has 0 N–H and O–H groups in total. The Bertz CT molecular complexity index is 1120. The van der Waals surface area contributed by atoms with Crippen LogP contribution in [0.1, 0.15) is 11.3 Å². The minimum Gasteiger partial charge on any atom is -0.283 e. The van der Waals surface area contributed by atoms with Gasteiger partial charge in [0.15, 0.2) is 5.69 Å². The van der Waals surface area contributed by atoms with Gasteiger partial charge in [-0.2, -0.15) is 4.68 Å². The van der Waals surface area contributed by atoms with Crippen LogP contribution in [0.25, 0.3) is 11.4 Å². The monoisotopic (exact) mass is 379 g/mol. The number of rotatable bonds is 5. The van der Waals surface area contributed by atoms with Crippen molar-refractivity contribution in [1.82, 2.24) is 34.6 Å². The van der Waals surface area contributed by atoms with E-state index < -0.39 is 0 Å². The van der Waals surface area contributed by atoms with E-state index >= 15 is 0 Å². The Balaban J connectivity index is 1.73. The fourth-order valence-corrected chi connectivity index (χ4v) is 3.65. The number of pyridine rings is 1. The van der Waals surface area contributed by atoms with Crippen LogP contribution in [0.2, 0.25) is 0 Å². The minimum atomic E-state index is -0.170. The predicted octanol–water partition coefficient (Wildman–Crippen LogP) is 2.15. The smallest absolute Gasteiger partial charge is 0.283 e. The van der Waals surface area contributed by atoms with E-state index in [0.717, 1.165) is 16.9 Å². The predicted molar refractivity (Wildman–Crippen MR) is 102 cm³/mol. The Morgan fingerprint density at radius 3 is 2.67 bits per heavy atom. The van der Waals surface area contributed by atoms with E-state index in [9.17, 15) is 4.79 Å². The van der Waals surface area contributed by atoms with Gasteiger partial charge in [0.25, 0.3) is 5.56 Å². The SMILES string of the molecule is Cc1c(-n2nnnc2SCc2cccnc2)c(=O)n(-c2ccccc2)n1C. The van der Waals surface area contributed by atoms with Crippen LogP contribution in [0.15, 0.2) is 64.8 Å². The molecule has 3 heterocycles. The largest absolute Gasteiger partial charge is 0.297 e. The van der Waals surface area contributed by atoms with Crippen LogP contribution in [0.3, 0.4) is 0 Å². The molecular weight excluding hydrogens is 362 g/mol. The van der Waals surface area contributed by atoms with Crippen molar-refractivity contribution in [2.45, 2.75) is 17.8 Å². The van der Waals surface area contributed by atoms with Crippen molar-refractivity contribution in [3.63, 3.8) is 0 Å². The fraction of sp³-hybridized carbons (Fsp3) is 0.167. The van der Waals surface area contributed by atoms with Crippen LogP contribution in [-0.2, 0) is 12.8 Å². The van der Waals surface area contributed by atoms with Gasteiger partial charge in [0.2, 0.25) is 5.16 Å². The molecule has 9 heteroatoms. The first-order valence-electron chi connectivity index (χ1n) is 8.31. The van der Waals surface area contributed by atoms with Gasteiger partial charge in [-0.1, -0.05) is 36.0 Å². The van der Waals surface area contributed by atoms with Crippen LogP contribution in [-0.4, -0.2) is 34.6 Å². The van der Waals surface area contributed by atoms with E-state index in [-0.39, 0.29) is 5.56 Å². The molecule has 3 aromatic heterocycles. The quantitative estimate of drug-likeness (QED) is 0.494. The van der Waals surface area contributed by atoms with Gasteiger partial charge in [0.05, 0.1) is 11.4 Å². The topological polar surface area (TPSA) is 83.4 Å². The highest BCUT2D eigenvalue weighted by molar-refractivity contribution is 7.98. The van der Waals surface area contributed by atoms with Crippen LogP contribution in [0.5, 0.6) is 0 Å². The molecule has 0 fully saturated rings. The van der Waals surface area contributed by atoms with E-state index in [1.54, 1.807) is 17.1 Å². The molecule has 0 saturated heterocycles. The Morgan fingerprint density at radius 2 is 1.93 bits per heavy atom. The van der Waals surface area contributed by atoms with Crippen LogP contribution < -0.4 is 5.56 Å². The van der Waals surface area contributed by atoms with Crippen molar-refractivity contribution in [3.8, 4) is 11.4 Å². The molecule has 0 unspecified atom stereocenters. The second kappa shape index (κ2) is 7.20. The van der Waals surface area contributed by atoms with E-state index in [1.807, 2.05) is 61.1 Å². The Labute approximate surface area is 159 Å². The number of nitrogens with zero attached hydrogens (tertiary/aromatic N) is 7. The summed E-state index contributed by atoms with van der Waals surface area (Å²) in [6, 6.07) is 13.4. The van der Waals surface area contributed by atoms with Crippen molar-refractivity contribution in [1.29, 1.82) is 0 Å². The summed E-state index contributed by atoms with van der Waals surface area (Å²) < 4.78 is 4.93. The van der Waals surface area contributed by atoms with Gasteiger partial charge in [-0.25, -0.2) is 4.68 Å². The van der Waals surface area contributed by atoms with Crippen LogP contribution in [0, 0.1) is 6.92 Å². The summed E-state index contributed by atoms with van der Waals surface area (Å²) in [6.45, 7) is 1.88. The first-order chi connectivity index (χ1) is 13.2. The third-order valence-electron chi connectivity index (χ3n) is 4.27. The number of para-hydroxylation sites is 1. The van der Waals surface area contributed by atoms with E-state index in [0.29, 0.717) is 16.6 Å². The maximum atomic E-state index is 13.1. The normalized spacial score (nSPS) is 11.0. The molecule has 136 valence electrons. The number of thioether (sulfide) groups is 1. The summed E-state index contributed by atoms with van der Waals surface area (Å²) in [5.74, 6) is 0.660. The Hall–Kier alpha value is -3.20. The zero-order valence-corrected chi connectivity index (χ0v) is 15.7. The van der Waals surface area contributed by atoms with Crippen LogP contribution in [0.4, 0.5) is 0 Å². The Morgan fingerprint density at radius 1 is 1.11 bits per heavy atom. The second-order valence-electron chi connectivity index (χ2n) is 5.93. The molecule has 8 nitrogen and oxygen atoms in total. The lowest BCUT2D eigenvalue weighted by Crippen LogP contribution is -2.22. The molecule has 0 aliphatic carbocycles. The summed E-state index contributed by atoms with van der Waals surface area (Å²) in [6.07, 6.45) is 3.54. The van der Waals surface area contributed by atoms with Gasteiger partial charge in [-0.15, -0.1) is 5.10 Å². The van der Waals surface area contributed by atoms with E-state index in [1.165, 1.54) is 16.4 Å². The zero-order chi connectivity index (χ0) is 18.8.